The van der Waals surface area contributed by atoms with Crippen molar-refractivity contribution in [1.29, 1.82) is 0 Å². The maximum Gasteiger partial charge on any atom is 0.306 e. The van der Waals surface area contributed by atoms with Gasteiger partial charge in [0, 0.05) is 25.9 Å². The first-order valence-electron chi connectivity index (χ1n) is 10.4. The predicted octanol–water partition coefficient (Wildman–Crippen LogP) is 0.359. The average molecular weight is 472 g/mol. The van der Waals surface area contributed by atoms with E-state index < -0.39 is 12.0 Å². The van der Waals surface area contributed by atoms with Crippen molar-refractivity contribution >= 4 is 36.2 Å². The van der Waals surface area contributed by atoms with E-state index in [0.717, 1.165) is 18.4 Å². The number of benzene rings is 1. The van der Waals surface area contributed by atoms with Gasteiger partial charge in [-0.15, -0.1) is 12.4 Å². The van der Waals surface area contributed by atoms with Gasteiger partial charge in [0.15, 0.2) is 5.96 Å². The van der Waals surface area contributed by atoms with E-state index in [4.69, 9.17) is 16.2 Å². The lowest BCUT2D eigenvalue weighted by Gasteiger charge is -2.12. The Morgan fingerprint density at radius 2 is 1.72 bits per heavy atom. The number of halogens is 1. The third-order valence-corrected chi connectivity index (χ3v) is 4.25. The summed E-state index contributed by atoms with van der Waals surface area (Å²) in [6, 6.07) is 9.34. The molecule has 0 radical (unpaired) electrons. The van der Waals surface area contributed by atoms with Crippen molar-refractivity contribution in [3.05, 3.63) is 35.9 Å². The molecule has 0 unspecified atom stereocenters. The van der Waals surface area contributed by atoms with E-state index in [-0.39, 0.29) is 56.4 Å². The lowest BCUT2D eigenvalue weighted by molar-refractivity contribution is -0.145. The van der Waals surface area contributed by atoms with Gasteiger partial charge in [0.2, 0.25) is 5.91 Å². The minimum absolute atomic E-state index is 0. The Bertz CT molecular complexity index is 714. The quantitative estimate of drug-likeness (QED) is 0.106. The highest BCUT2D eigenvalue weighted by Crippen LogP contribution is 2.03. The second-order valence-electron chi connectivity index (χ2n) is 6.98. The molecule has 0 heterocycles. The lowest BCUT2D eigenvalue weighted by Crippen LogP contribution is -2.43. The van der Waals surface area contributed by atoms with E-state index in [1.807, 2.05) is 30.3 Å². The fourth-order valence-electron chi connectivity index (χ4n) is 2.55. The summed E-state index contributed by atoms with van der Waals surface area (Å²) in [6.45, 7) is 0.784. The van der Waals surface area contributed by atoms with E-state index in [0.29, 0.717) is 25.8 Å². The zero-order chi connectivity index (χ0) is 22.9. The van der Waals surface area contributed by atoms with Crippen LogP contribution < -0.4 is 22.1 Å². The largest absolute Gasteiger partial charge is 0.461 e. The molecule has 2 amide bonds. The maximum absolute atomic E-state index is 11.8. The molecule has 0 saturated heterocycles. The van der Waals surface area contributed by atoms with Crippen molar-refractivity contribution in [3.63, 3.8) is 0 Å². The Morgan fingerprint density at radius 3 is 2.41 bits per heavy atom. The molecule has 0 aliphatic carbocycles. The number of rotatable bonds is 15. The van der Waals surface area contributed by atoms with E-state index >= 15 is 0 Å². The van der Waals surface area contributed by atoms with Crippen molar-refractivity contribution < 1.29 is 24.2 Å². The monoisotopic (exact) mass is 471 g/mol. The van der Waals surface area contributed by atoms with Crippen LogP contribution in [0.25, 0.3) is 0 Å². The number of amides is 2. The molecule has 0 fully saturated rings. The standard InChI is InChI=1S/C21H33N5O5.ClH/c22-21(23)25-12-6-2-5-10-18(28)26-14-17(27)20(30)24-13-7-11-19(29)31-15-16-8-3-1-4-9-16;/h1,3-4,8-9,17,27H,2,5-7,10-15H2,(H,24,30)(H,26,28)(H4,22,23,25);1H/t17-;/m0./s1. The SMILES string of the molecule is Cl.NC(N)=NCCCCCC(=O)NC[C@H](O)C(=O)NCCCC(=O)OCc1ccccc1. The first-order chi connectivity index (χ1) is 14.9. The second kappa shape index (κ2) is 17.8. The van der Waals surface area contributed by atoms with Crippen LogP contribution in [0, 0.1) is 0 Å². The number of aliphatic hydroxyl groups is 1. The number of carbonyl (C=O) groups excluding carboxylic acids is 3. The zero-order valence-electron chi connectivity index (χ0n) is 18.1. The van der Waals surface area contributed by atoms with Gasteiger partial charge in [0.1, 0.15) is 12.7 Å². The van der Waals surface area contributed by atoms with Crippen LogP contribution in [-0.2, 0) is 25.7 Å². The molecule has 10 nitrogen and oxygen atoms in total. The maximum atomic E-state index is 11.8. The molecule has 0 aliphatic rings. The van der Waals surface area contributed by atoms with E-state index in [1.165, 1.54) is 0 Å². The van der Waals surface area contributed by atoms with Crippen LogP contribution in [0.3, 0.4) is 0 Å². The number of unbranched alkanes of at least 4 members (excludes halogenated alkanes) is 2. The molecule has 7 N–H and O–H groups in total. The van der Waals surface area contributed by atoms with Gasteiger partial charge in [-0.2, -0.15) is 0 Å². The van der Waals surface area contributed by atoms with Crippen LogP contribution in [0.5, 0.6) is 0 Å². The van der Waals surface area contributed by atoms with Gasteiger partial charge in [0.25, 0.3) is 5.91 Å². The molecule has 0 spiro atoms. The van der Waals surface area contributed by atoms with Gasteiger partial charge in [-0.3, -0.25) is 19.4 Å². The molecule has 32 heavy (non-hydrogen) atoms. The third kappa shape index (κ3) is 15.0. The molecule has 11 heteroatoms. The number of carbonyl (C=O) groups is 3. The average Bonchev–Trinajstić information content (AvgIpc) is 2.76. The number of esters is 1. The number of nitrogens with one attached hydrogen (secondary N) is 2. The van der Waals surface area contributed by atoms with Crippen molar-refractivity contribution in [2.75, 3.05) is 19.6 Å². The number of aliphatic hydroxyl groups excluding tert-OH is 1. The smallest absolute Gasteiger partial charge is 0.306 e. The Hall–Kier alpha value is -2.85. The second-order valence-corrected chi connectivity index (χ2v) is 6.98. The van der Waals surface area contributed by atoms with Crippen LogP contribution in [0.4, 0.5) is 0 Å². The normalized spacial score (nSPS) is 10.9. The summed E-state index contributed by atoms with van der Waals surface area (Å²) in [5, 5.41) is 14.9. The Morgan fingerprint density at radius 1 is 1.00 bits per heavy atom. The van der Waals surface area contributed by atoms with E-state index in [1.54, 1.807) is 0 Å². The van der Waals surface area contributed by atoms with Crippen molar-refractivity contribution in [2.24, 2.45) is 16.5 Å². The molecule has 0 saturated carbocycles. The van der Waals surface area contributed by atoms with Crippen molar-refractivity contribution in [3.8, 4) is 0 Å². The van der Waals surface area contributed by atoms with Crippen molar-refractivity contribution in [2.45, 2.75) is 51.2 Å². The molecular formula is C21H34ClN5O5. The van der Waals surface area contributed by atoms with Gasteiger partial charge in [0.05, 0.1) is 6.54 Å². The number of hydrogen-bond acceptors (Lipinski definition) is 6. The van der Waals surface area contributed by atoms with Gasteiger partial charge < -0.3 is 31.9 Å². The molecule has 180 valence electrons. The highest BCUT2D eigenvalue weighted by molar-refractivity contribution is 5.85. The van der Waals surface area contributed by atoms with Gasteiger partial charge >= 0.3 is 5.97 Å². The summed E-state index contributed by atoms with van der Waals surface area (Å²) in [6.07, 6.45) is 1.71. The molecule has 1 aromatic carbocycles. The lowest BCUT2D eigenvalue weighted by atomic mass is 10.2. The minimum Gasteiger partial charge on any atom is -0.461 e. The highest BCUT2D eigenvalue weighted by atomic mass is 35.5. The van der Waals surface area contributed by atoms with Gasteiger partial charge in [-0.25, -0.2) is 0 Å². The topological polar surface area (TPSA) is 169 Å². The summed E-state index contributed by atoms with van der Waals surface area (Å²) >= 11 is 0. The molecule has 1 atom stereocenters. The zero-order valence-corrected chi connectivity index (χ0v) is 18.9. The molecule has 0 bridgehead atoms. The van der Waals surface area contributed by atoms with Gasteiger partial charge in [-0.1, -0.05) is 36.8 Å². The number of nitrogens with zero attached hydrogens (tertiary/aromatic N) is 1. The van der Waals surface area contributed by atoms with Crippen LogP contribution >= 0.6 is 12.4 Å². The predicted molar refractivity (Wildman–Crippen MR) is 124 cm³/mol. The van der Waals surface area contributed by atoms with Crippen LogP contribution in [-0.4, -0.2) is 54.6 Å². The van der Waals surface area contributed by atoms with E-state index in [9.17, 15) is 19.5 Å². The number of ether oxygens (including phenoxy) is 1. The third-order valence-electron chi connectivity index (χ3n) is 4.25. The number of hydrogen-bond donors (Lipinski definition) is 5. The van der Waals surface area contributed by atoms with Crippen LogP contribution in [0.2, 0.25) is 0 Å². The Kier molecular flexibility index (Phi) is 16.2. The molecule has 0 aliphatic heterocycles. The van der Waals surface area contributed by atoms with Crippen molar-refractivity contribution in [1.82, 2.24) is 10.6 Å². The number of nitrogens with two attached hydrogens (primary N) is 2. The van der Waals surface area contributed by atoms with E-state index in [2.05, 4.69) is 15.6 Å². The molecule has 1 aromatic rings. The summed E-state index contributed by atoms with van der Waals surface area (Å²) in [7, 11) is 0. The first kappa shape index (κ1) is 29.1. The molecular weight excluding hydrogens is 438 g/mol. The fourth-order valence-corrected chi connectivity index (χ4v) is 2.55. The molecule has 1 rings (SSSR count). The summed E-state index contributed by atoms with van der Waals surface area (Å²) in [5.74, 6) is -1.15. The number of guanidine groups is 1. The number of aliphatic imine (C=N–C) groups is 1. The molecule has 0 aromatic heterocycles. The summed E-state index contributed by atoms with van der Waals surface area (Å²) in [5.41, 5.74) is 11.3. The minimum atomic E-state index is -1.35. The summed E-state index contributed by atoms with van der Waals surface area (Å²) in [4.78, 5) is 39.1. The van der Waals surface area contributed by atoms with Gasteiger partial charge in [-0.05, 0) is 24.8 Å². The Balaban J connectivity index is 0.00000961. The fraction of sp³-hybridized carbons (Fsp3) is 0.524. The van der Waals surface area contributed by atoms with Crippen LogP contribution in [0.1, 0.15) is 44.1 Å². The van der Waals surface area contributed by atoms with Crippen LogP contribution in [0.15, 0.2) is 35.3 Å². The summed E-state index contributed by atoms with van der Waals surface area (Å²) < 4.78 is 5.15. The Labute approximate surface area is 194 Å². The first-order valence-corrected chi connectivity index (χ1v) is 10.4. The highest BCUT2D eigenvalue weighted by Gasteiger charge is 2.15.